The Morgan fingerprint density at radius 1 is 1.05 bits per heavy atom. The van der Waals surface area contributed by atoms with Crippen LogP contribution in [0.5, 0.6) is 11.5 Å². The van der Waals surface area contributed by atoms with Crippen molar-refractivity contribution in [1.82, 2.24) is 9.88 Å². The Labute approximate surface area is 259 Å². The summed E-state index contributed by atoms with van der Waals surface area (Å²) >= 11 is 6.20. The van der Waals surface area contributed by atoms with E-state index < -0.39 is 5.97 Å². The zero-order valence-electron chi connectivity index (χ0n) is 25.4. The van der Waals surface area contributed by atoms with Crippen LogP contribution in [0, 0.1) is 5.41 Å². The molecule has 0 unspecified atom stereocenters. The molecule has 1 aliphatic heterocycles. The number of benzene rings is 2. The molecule has 0 spiro atoms. The van der Waals surface area contributed by atoms with E-state index in [0.29, 0.717) is 28.5 Å². The first-order chi connectivity index (χ1) is 20.8. The second kappa shape index (κ2) is 12.6. The molecule has 1 N–H and O–H groups in total. The fourth-order valence-electron chi connectivity index (χ4n) is 6.06. The van der Waals surface area contributed by atoms with E-state index in [4.69, 9.17) is 21.1 Å². The van der Waals surface area contributed by atoms with E-state index in [1.807, 2.05) is 36.4 Å². The fourth-order valence-corrected chi connectivity index (χ4v) is 6.18. The lowest BCUT2D eigenvalue weighted by molar-refractivity contribution is 0.0598. The minimum atomic E-state index is -0.424. The molecule has 226 valence electrons. The van der Waals surface area contributed by atoms with Gasteiger partial charge in [0.25, 0.3) is 0 Å². The van der Waals surface area contributed by atoms with Crippen LogP contribution in [0.25, 0.3) is 5.57 Å². The Hall–Kier alpha value is -3.55. The quantitative estimate of drug-likeness (QED) is 0.253. The molecule has 2 aromatic carbocycles. The lowest BCUT2D eigenvalue weighted by atomic mass is 9.72. The van der Waals surface area contributed by atoms with Gasteiger partial charge >= 0.3 is 5.97 Å². The lowest BCUT2D eigenvalue weighted by Gasteiger charge is -2.39. The number of ether oxygens (including phenoxy) is 2. The molecule has 1 saturated carbocycles. The molecule has 1 aromatic heterocycles. The number of halogens is 1. The van der Waals surface area contributed by atoms with Crippen molar-refractivity contribution in [2.24, 2.45) is 5.41 Å². The lowest BCUT2D eigenvalue weighted by Crippen LogP contribution is -2.47. The van der Waals surface area contributed by atoms with Crippen LogP contribution in [0.4, 0.5) is 11.5 Å². The Morgan fingerprint density at radius 3 is 2.49 bits per heavy atom. The summed E-state index contributed by atoms with van der Waals surface area (Å²) in [7, 11) is 1.39. The van der Waals surface area contributed by atoms with E-state index in [0.717, 1.165) is 62.1 Å². The zero-order chi connectivity index (χ0) is 30.0. The molecule has 43 heavy (non-hydrogen) atoms. The first kappa shape index (κ1) is 29.5. The van der Waals surface area contributed by atoms with E-state index in [-0.39, 0.29) is 0 Å². The van der Waals surface area contributed by atoms with Gasteiger partial charge in [0.15, 0.2) is 0 Å². The number of nitrogens with zero attached hydrogens (tertiary/aromatic N) is 3. The van der Waals surface area contributed by atoms with Gasteiger partial charge in [0, 0.05) is 55.5 Å². The van der Waals surface area contributed by atoms with Crippen LogP contribution in [0.2, 0.25) is 5.02 Å². The molecule has 6 rings (SSSR count). The van der Waals surface area contributed by atoms with Gasteiger partial charge in [0.05, 0.1) is 13.3 Å². The zero-order valence-corrected chi connectivity index (χ0v) is 26.1. The van der Waals surface area contributed by atoms with Crippen LogP contribution in [0.15, 0.2) is 66.4 Å². The number of hydrogen-bond donors (Lipinski definition) is 1. The van der Waals surface area contributed by atoms with Gasteiger partial charge in [-0.25, -0.2) is 9.78 Å². The van der Waals surface area contributed by atoms with Gasteiger partial charge in [-0.05, 0) is 85.1 Å². The largest absolute Gasteiger partial charge is 0.465 e. The maximum Gasteiger partial charge on any atom is 0.341 e. The van der Waals surface area contributed by atoms with Gasteiger partial charge in [0.1, 0.15) is 22.9 Å². The molecule has 3 aliphatic rings. The number of allylic oxidation sites excluding steroid dienone is 1. The van der Waals surface area contributed by atoms with Crippen LogP contribution >= 0.6 is 11.6 Å². The van der Waals surface area contributed by atoms with E-state index in [9.17, 15) is 4.79 Å². The maximum absolute atomic E-state index is 12.6. The van der Waals surface area contributed by atoms with Gasteiger partial charge in [-0.1, -0.05) is 43.2 Å². The summed E-state index contributed by atoms with van der Waals surface area (Å²) in [5.41, 5.74) is 6.07. The first-order valence-electron chi connectivity index (χ1n) is 15.3. The topological polar surface area (TPSA) is 66.9 Å². The number of anilines is 2. The Morgan fingerprint density at radius 2 is 1.81 bits per heavy atom. The van der Waals surface area contributed by atoms with Crippen molar-refractivity contribution < 1.29 is 14.3 Å². The summed E-state index contributed by atoms with van der Waals surface area (Å²) in [5, 5.41) is 4.16. The van der Waals surface area contributed by atoms with Crippen molar-refractivity contribution in [1.29, 1.82) is 0 Å². The van der Waals surface area contributed by atoms with Gasteiger partial charge in [-0.3, -0.25) is 4.90 Å². The number of hydrogen-bond acceptors (Lipinski definition) is 7. The molecule has 1 saturated heterocycles. The fraction of sp³-hybridized carbons (Fsp3) is 0.429. The number of carbonyl (C=O) groups excluding carboxylic acids is 1. The number of nitrogens with one attached hydrogen (secondary N) is 1. The van der Waals surface area contributed by atoms with Gasteiger partial charge in [-0.15, -0.1) is 0 Å². The predicted octanol–water partition coefficient (Wildman–Crippen LogP) is 7.67. The highest BCUT2D eigenvalue weighted by Crippen LogP contribution is 2.43. The third-order valence-corrected chi connectivity index (χ3v) is 9.05. The number of pyridine rings is 1. The highest BCUT2D eigenvalue weighted by Gasteiger charge is 2.29. The SMILES string of the molecule is COC(=O)c1ccc(N2CCN(CC3=C(c4ccc(Cl)cc4)CC(C)(C)CC3)CC2)cc1Oc1ccc(NC2CC2)nc1. The predicted molar refractivity (Wildman–Crippen MR) is 173 cm³/mol. The molecular formula is C35H41ClN4O3. The summed E-state index contributed by atoms with van der Waals surface area (Å²) in [4.78, 5) is 22.0. The van der Waals surface area contributed by atoms with E-state index in [1.54, 1.807) is 17.8 Å². The van der Waals surface area contributed by atoms with Crippen LogP contribution in [0.1, 0.15) is 61.9 Å². The Kier molecular flexibility index (Phi) is 8.64. The highest BCUT2D eigenvalue weighted by molar-refractivity contribution is 6.30. The summed E-state index contributed by atoms with van der Waals surface area (Å²) in [5.74, 6) is 1.46. The number of piperazine rings is 1. The second-order valence-electron chi connectivity index (χ2n) is 12.8. The maximum atomic E-state index is 12.6. The van der Waals surface area contributed by atoms with Crippen molar-refractivity contribution in [2.75, 3.05) is 50.1 Å². The number of carbonyl (C=O) groups is 1. The molecule has 2 fully saturated rings. The molecule has 0 radical (unpaired) electrons. The van der Waals surface area contributed by atoms with Crippen molar-refractivity contribution in [3.8, 4) is 11.5 Å². The van der Waals surface area contributed by atoms with Crippen molar-refractivity contribution in [3.63, 3.8) is 0 Å². The van der Waals surface area contributed by atoms with Gasteiger partial charge in [-0.2, -0.15) is 0 Å². The van der Waals surface area contributed by atoms with E-state index in [1.165, 1.54) is 37.5 Å². The van der Waals surface area contributed by atoms with Crippen LogP contribution in [-0.4, -0.2) is 61.7 Å². The van der Waals surface area contributed by atoms with Gasteiger partial charge < -0.3 is 19.7 Å². The smallest absolute Gasteiger partial charge is 0.341 e. The van der Waals surface area contributed by atoms with Crippen molar-refractivity contribution in [3.05, 3.63) is 82.5 Å². The monoisotopic (exact) mass is 600 g/mol. The molecule has 8 heteroatoms. The Bertz CT molecular complexity index is 1470. The summed E-state index contributed by atoms with van der Waals surface area (Å²) < 4.78 is 11.2. The minimum absolute atomic E-state index is 0.304. The van der Waals surface area contributed by atoms with Crippen LogP contribution in [0.3, 0.4) is 0 Å². The average Bonchev–Trinajstić information content (AvgIpc) is 3.83. The van der Waals surface area contributed by atoms with Crippen LogP contribution < -0.4 is 15.0 Å². The molecule has 0 bridgehead atoms. The molecule has 0 amide bonds. The average molecular weight is 601 g/mol. The molecule has 7 nitrogen and oxygen atoms in total. The number of aromatic nitrogens is 1. The van der Waals surface area contributed by atoms with Crippen molar-refractivity contribution in [2.45, 2.75) is 52.0 Å². The second-order valence-corrected chi connectivity index (χ2v) is 13.2. The van der Waals surface area contributed by atoms with Crippen LogP contribution in [-0.2, 0) is 4.74 Å². The number of rotatable bonds is 9. The third-order valence-electron chi connectivity index (χ3n) is 8.79. The summed E-state index contributed by atoms with van der Waals surface area (Å²) in [6.07, 6.45) is 7.50. The molecule has 3 aromatic rings. The standard InChI is InChI=1S/C35H41ClN4O3/c1-35(2)15-14-25(31(21-35)24-4-6-26(36)7-5-24)23-39-16-18-40(19-17-39)28-10-12-30(34(41)42-3)32(20-28)43-29-11-13-33(37-22-29)38-27-8-9-27/h4-7,10-13,20,22,27H,8-9,14-19,21,23H2,1-3H3,(H,37,38). The minimum Gasteiger partial charge on any atom is -0.465 e. The van der Waals surface area contributed by atoms with Gasteiger partial charge in [0.2, 0.25) is 0 Å². The van der Waals surface area contributed by atoms with E-state index >= 15 is 0 Å². The molecule has 2 heterocycles. The summed E-state index contributed by atoms with van der Waals surface area (Å²) in [6.45, 7) is 9.48. The van der Waals surface area contributed by atoms with E-state index in [2.05, 4.69) is 46.1 Å². The summed E-state index contributed by atoms with van der Waals surface area (Å²) in [6, 6.07) is 18.4. The van der Waals surface area contributed by atoms with Crippen molar-refractivity contribution >= 4 is 34.6 Å². The highest BCUT2D eigenvalue weighted by atomic mass is 35.5. The number of esters is 1. The molecule has 0 atom stereocenters. The molecule has 2 aliphatic carbocycles. The number of methoxy groups -OCH3 is 1. The first-order valence-corrected chi connectivity index (χ1v) is 15.7. The third kappa shape index (κ3) is 7.34. The Balaban J connectivity index is 1.14. The molecular weight excluding hydrogens is 560 g/mol. The normalized spacial score (nSPS) is 18.8.